The van der Waals surface area contributed by atoms with Crippen molar-refractivity contribution in [3.05, 3.63) is 59.2 Å². The summed E-state index contributed by atoms with van der Waals surface area (Å²) in [5.41, 5.74) is 7.72. The summed E-state index contributed by atoms with van der Waals surface area (Å²) in [6.07, 6.45) is 2.85. The van der Waals surface area contributed by atoms with E-state index < -0.39 is 15.9 Å². The first-order chi connectivity index (χ1) is 11.3. The van der Waals surface area contributed by atoms with E-state index in [1.165, 1.54) is 12.1 Å². The van der Waals surface area contributed by atoms with Crippen molar-refractivity contribution in [2.45, 2.75) is 38.0 Å². The van der Waals surface area contributed by atoms with Gasteiger partial charge in [-0.05, 0) is 49.6 Å². The van der Waals surface area contributed by atoms with Crippen LogP contribution in [0.1, 0.15) is 41.3 Å². The monoisotopic (exact) mass is 346 g/mol. The molecule has 0 saturated heterocycles. The third-order valence-electron chi connectivity index (χ3n) is 3.74. The Balaban J connectivity index is 2.34. The number of primary amides is 1. The second kappa shape index (κ2) is 7.49. The van der Waals surface area contributed by atoms with Gasteiger partial charge in [-0.1, -0.05) is 37.1 Å². The molecule has 0 saturated carbocycles. The topological polar surface area (TPSA) is 89.3 Å². The minimum atomic E-state index is -3.77. The van der Waals surface area contributed by atoms with Crippen LogP contribution in [0.5, 0.6) is 0 Å². The highest BCUT2D eigenvalue weighted by Crippen LogP contribution is 2.22. The Bertz CT molecular complexity index is 828. The average Bonchev–Trinajstić information content (AvgIpc) is 2.53. The smallest absolute Gasteiger partial charge is 0.261 e. The minimum Gasteiger partial charge on any atom is -0.366 e. The summed E-state index contributed by atoms with van der Waals surface area (Å²) in [6.45, 7) is 3.96. The Labute approximate surface area is 142 Å². The lowest BCUT2D eigenvalue weighted by molar-refractivity contribution is 0.100. The van der Waals surface area contributed by atoms with Gasteiger partial charge in [-0.25, -0.2) is 8.42 Å². The summed E-state index contributed by atoms with van der Waals surface area (Å²) < 4.78 is 27.4. The van der Waals surface area contributed by atoms with Gasteiger partial charge in [-0.15, -0.1) is 0 Å². The molecule has 0 aliphatic rings. The number of nitrogens with one attached hydrogen (secondary N) is 1. The highest BCUT2D eigenvalue weighted by atomic mass is 32.2. The lowest BCUT2D eigenvalue weighted by Crippen LogP contribution is -2.19. The van der Waals surface area contributed by atoms with Crippen LogP contribution >= 0.6 is 0 Å². The molecule has 2 rings (SSSR count). The van der Waals surface area contributed by atoms with Crippen LogP contribution in [0.15, 0.2) is 47.4 Å². The van der Waals surface area contributed by atoms with Gasteiger partial charge in [-0.3, -0.25) is 9.52 Å². The summed E-state index contributed by atoms with van der Waals surface area (Å²) in [7, 11) is -3.77. The van der Waals surface area contributed by atoms with Crippen molar-refractivity contribution < 1.29 is 13.2 Å². The molecule has 0 heterocycles. The second-order valence-electron chi connectivity index (χ2n) is 5.77. The van der Waals surface area contributed by atoms with Crippen LogP contribution < -0.4 is 10.5 Å². The highest BCUT2D eigenvalue weighted by Gasteiger charge is 2.18. The van der Waals surface area contributed by atoms with E-state index in [9.17, 15) is 13.2 Å². The molecule has 2 aromatic carbocycles. The van der Waals surface area contributed by atoms with Crippen molar-refractivity contribution in [1.82, 2.24) is 0 Å². The maximum absolute atomic E-state index is 12.5. The van der Waals surface area contributed by atoms with Crippen LogP contribution in [0, 0.1) is 6.92 Å². The van der Waals surface area contributed by atoms with E-state index in [1.807, 2.05) is 13.0 Å². The Morgan fingerprint density at radius 1 is 1.12 bits per heavy atom. The molecule has 1 amide bonds. The number of carbonyl (C=O) groups is 1. The van der Waals surface area contributed by atoms with Crippen LogP contribution in [-0.2, 0) is 16.4 Å². The van der Waals surface area contributed by atoms with Crippen molar-refractivity contribution in [1.29, 1.82) is 0 Å². The van der Waals surface area contributed by atoms with Crippen molar-refractivity contribution in [2.75, 3.05) is 4.72 Å². The zero-order chi connectivity index (χ0) is 17.7. The van der Waals surface area contributed by atoms with Gasteiger partial charge in [0.25, 0.3) is 15.9 Å². The first-order valence-corrected chi connectivity index (χ1v) is 9.34. The third kappa shape index (κ3) is 4.35. The average molecular weight is 346 g/mol. The van der Waals surface area contributed by atoms with Crippen molar-refractivity contribution in [3.63, 3.8) is 0 Å². The van der Waals surface area contributed by atoms with E-state index in [0.29, 0.717) is 0 Å². The summed E-state index contributed by atoms with van der Waals surface area (Å²) in [5, 5.41) is 0. The lowest BCUT2D eigenvalue weighted by atomic mass is 10.0. The molecule has 2 aromatic rings. The van der Waals surface area contributed by atoms with Gasteiger partial charge in [0.05, 0.1) is 16.1 Å². The summed E-state index contributed by atoms with van der Waals surface area (Å²) in [6, 6.07) is 11.6. The minimum absolute atomic E-state index is 0.138. The molecule has 5 nitrogen and oxygen atoms in total. The van der Waals surface area contributed by atoms with Crippen LogP contribution in [-0.4, -0.2) is 14.3 Å². The number of benzene rings is 2. The van der Waals surface area contributed by atoms with E-state index in [2.05, 4.69) is 11.6 Å². The molecule has 24 heavy (non-hydrogen) atoms. The SMILES string of the molecule is CCCCc1ccc(NS(=O)(=O)c2ccc(C)cc2)c(C(N)=O)c1. The summed E-state index contributed by atoms with van der Waals surface area (Å²) in [4.78, 5) is 11.8. The molecule has 128 valence electrons. The predicted molar refractivity (Wildman–Crippen MR) is 95.6 cm³/mol. The van der Waals surface area contributed by atoms with E-state index in [0.717, 1.165) is 30.4 Å². The first-order valence-electron chi connectivity index (χ1n) is 7.85. The largest absolute Gasteiger partial charge is 0.366 e. The molecule has 0 unspecified atom stereocenters. The molecule has 6 heteroatoms. The Morgan fingerprint density at radius 3 is 2.38 bits per heavy atom. The van der Waals surface area contributed by atoms with Crippen LogP contribution in [0.4, 0.5) is 5.69 Å². The van der Waals surface area contributed by atoms with Gasteiger partial charge in [0.1, 0.15) is 0 Å². The Kier molecular flexibility index (Phi) is 5.62. The van der Waals surface area contributed by atoms with Gasteiger partial charge in [0, 0.05) is 0 Å². The fourth-order valence-electron chi connectivity index (χ4n) is 2.34. The van der Waals surface area contributed by atoms with Gasteiger partial charge in [0.2, 0.25) is 0 Å². The number of hydrogen-bond donors (Lipinski definition) is 2. The molecule has 0 aliphatic heterocycles. The van der Waals surface area contributed by atoms with E-state index in [-0.39, 0.29) is 16.1 Å². The molecule has 0 spiro atoms. The molecule has 0 radical (unpaired) electrons. The normalized spacial score (nSPS) is 11.2. The second-order valence-corrected chi connectivity index (χ2v) is 7.45. The lowest BCUT2D eigenvalue weighted by Gasteiger charge is -2.13. The molecule has 0 fully saturated rings. The van der Waals surface area contributed by atoms with Crippen molar-refractivity contribution >= 4 is 21.6 Å². The number of amides is 1. The zero-order valence-corrected chi connectivity index (χ0v) is 14.7. The standard InChI is InChI=1S/C18H22N2O3S/c1-3-4-5-14-8-11-17(16(12-14)18(19)21)20-24(22,23)15-9-6-13(2)7-10-15/h6-12,20H,3-5H2,1-2H3,(H2,19,21). The van der Waals surface area contributed by atoms with Gasteiger partial charge in [-0.2, -0.15) is 0 Å². The van der Waals surface area contributed by atoms with Crippen LogP contribution in [0.25, 0.3) is 0 Å². The number of hydrogen-bond acceptors (Lipinski definition) is 3. The third-order valence-corrected chi connectivity index (χ3v) is 5.13. The maximum Gasteiger partial charge on any atom is 0.261 e. The fourth-order valence-corrected chi connectivity index (χ4v) is 3.42. The van der Waals surface area contributed by atoms with Gasteiger partial charge >= 0.3 is 0 Å². The number of unbranched alkanes of at least 4 members (excludes halogenated alkanes) is 1. The van der Waals surface area contributed by atoms with Crippen LogP contribution in [0.3, 0.4) is 0 Å². The summed E-state index contributed by atoms with van der Waals surface area (Å²) >= 11 is 0. The van der Waals surface area contributed by atoms with Gasteiger partial charge in [0.15, 0.2) is 0 Å². The van der Waals surface area contributed by atoms with Crippen molar-refractivity contribution in [2.24, 2.45) is 5.73 Å². The molecular weight excluding hydrogens is 324 g/mol. The van der Waals surface area contributed by atoms with Crippen LogP contribution in [0.2, 0.25) is 0 Å². The van der Waals surface area contributed by atoms with E-state index in [4.69, 9.17) is 5.73 Å². The molecule has 3 N–H and O–H groups in total. The number of nitrogens with two attached hydrogens (primary N) is 1. The first kappa shape index (κ1) is 18.0. The summed E-state index contributed by atoms with van der Waals surface area (Å²) in [5.74, 6) is -0.657. The number of anilines is 1. The number of sulfonamides is 1. The quantitative estimate of drug-likeness (QED) is 0.806. The molecule has 0 aromatic heterocycles. The highest BCUT2D eigenvalue weighted by molar-refractivity contribution is 7.92. The van der Waals surface area contributed by atoms with E-state index >= 15 is 0 Å². The molecule has 0 bridgehead atoms. The van der Waals surface area contributed by atoms with Crippen molar-refractivity contribution in [3.8, 4) is 0 Å². The number of rotatable bonds is 7. The Hall–Kier alpha value is -2.34. The van der Waals surface area contributed by atoms with Gasteiger partial charge < -0.3 is 5.73 Å². The maximum atomic E-state index is 12.5. The number of aryl methyl sites for hydroxylation is 2. The zero-order valence-electron chi connectivity index (χ0n) is 13.9. The number of carbonyl (C=O) groups excluding carboxylic acids is 1. The molecule has 0 atom stereocenters. The molecular formula is C18H22N2O3S. The predicted octanol–water partition coefficient (Wildman–Crippen LogP) is 3.24. The molecule has 0 aliphatic carbocycles. The Morgan fingerprint density at radius 2 is 1.79 bits per heavy atom. The fraction of sp³-hybridized carbons (Fsp3) is 0.278. The van der Waals surface area contributed by atoms with E-state index in [1.54, 1.807) is 24.3 Å².